The SMILES string of the molecule is C[C@](C#N)(NC(=O)COC(=O)COc1ccccc1C(N)=O)C1CC1. The lowest BCUT2D eigenvalue weighted by Gasteiger charge is -2.22. The standard InChI is InChI=1S/C17H19N3O5/c1-17(10-18,11-6-7-11)20-14(21)8-25-15(22)9-24-13-5-3-2-4-12(13)16(19)23/h2-5,11H,6-9H2,1H3,(H2,19,23)(H,20,21)/t17-/m1/s1. The van der Waals surface area contributed by atoms with Crippen molar-refractivity contribution in [1.29, 1.82) is 5.26 Å². The van der Waals surface area contributed by atoms with E-state index < -0.39 is 36.5 Å². The van der Waals surface area contributed by atoms with Gasteiger partial charge in [-0.2, -0.15) is 5.26 Å². The third-order valence-corrected chi connectivity index (χ3v) is 3.89. The predicted molar refractivity (Wildman–Crippen MR) is 86.3 cm³/mol. The second-order valence-electron chi connectivity index (χ2n) is 5.95. The molecule has 1 aromatic carbocycles. The molecule has 0 unspecified atom stereocenters. The maximum Gasteiger partial charge on any atom is 0.344 e. The van der Waals surface area contributed by atoms with Gasteiger partial charge in [-0.1, -0.05) is 12.1 Å². The summed E-state index contributed by atoms with van der Waals surface area (Å²) in [6, 6.07) is 8.28. The summed E-state index contributed by atoms with van der Waals surface area (Å²) in [6.07, 6.45) is 1.77. The van der Waals surface area contributed by atoms with E-state index in [0.29, 0.717) is 0 Å². The summed E-state index contributed by atoms with van der Waals surface area (Å²) in [4.78, 5) is 34.8. The average Bonchev–Trinajstić information content (AvgIpc) is 3.43. The number of hydrogen-bond donors (Lipinski definition) is 2. The van der Waals surface area contributed by atoms with E-state index in [1.165, 1.54) is 12.1 Å². The number of amides is 2. The topological polar surface area (TPSA) is 132 Å². The number of primary amides is 1. The number of nitriles is 1. The number of carbonyl (C=O) groups is 3. The van der Waals surface area contributed by atoms with Crippen molar-refractivity contribution in [3.05, 3.63) is 29.8 Å². The molecule has 0 spiro atoms. The van der Waals surface area contributed by atoms with Crippen LogP contribution in [0.4, 0.5) is 0 Å². The second-order valence-corrected chi connectivity index (χ2v) is 5.95. The van der Waals surface area contributed by atoms with Crippen molar-refractivity contribution < 1.29 is 23.9 Å². The van der Waals surface area contributed by atoms with Gasteiger partial charge in [0.15, 0.2) is 13.2 Å². The molecule has 0 radical (unpaired) electrons. The van der Waals surface area contributed by atoms with Gasteiger partial charge in [0.25, 0.3) is 11.8 Å². The lowest BCUT2D eigenvalue weighted by molar-refractivity contribution is -0.150. The number of benzene rings is 1. The van der Waals surface area contributed by atoms with Crippen LogP contribution in [0, 0.1) is 17.2 Å². The molecule has 0 bridgehead atoms. The zero-order valence-electron chi connectivity index (χ0n) is 13.8. The Morgan fingerprint density at radius 3 is 2.60 bits per heavy atom. The number of para-hydroxylation sites is 1. The molecule has 25 heavy (non-hydrogen) atoms. The van der Waals surface area contributed by atoms with Gasteiger partial charge in [0, 0.05) is 0 Å². The predicted octanol–water partition coefficient (Wildman–Crippen LogP) is 0.516. The normalized spacial score (nSPS) is 15.4. The summed E-state index contributed by atoms with van der Waals surface area (Å²) in [5, 5.41) is 11.8. The van der Waals surface area contributed by atoms with Crippen LogP contribution < -0.4 is 15.8 Å². The van der Waals surface area contributed by atoms with E-state index >= 15 is 0 Å². The number of esters is 1. The molecule has 2 rings (SSSR count). The molecule has 0 heterocycles. The van der Waals surface area contributed by atoms with Crippen LogP contribution in [0.25, 0.3) is 0 Å². The summed E-state index contributed by atoms with van der Waals surface area (Å²) in [5.74, 6) is -1.73. The van der Waals surface area contributed by atoms with Crippen molar-refractivity contribution in [2.24, 2.45) is 11.7 Å². The molecule has 0 saturated heterocycles. The van der Waals surface area contributed by atoms with Gasteiger partial charge in [0.05, 0.1) is 11.6 Å². The molecule has 3 N–H and O–H groups in total. The third kappa shape index (κ3) is 4.94. The molecular formula is C17H19N3O5. The largest absolute Gasteiger partial charge is 0.481 e. The third-order valence-electron chi connectivity index (χ3n) is 3.89. The Balaban J connectivity index is 1.78. The molecule has 1 aliphatic rings. The average molecular weight is 345 g/mol. The highest BCUT2D eigenvalue weighted by molar-refractivity contribution is 5.95. The monoisotopic (exact) mass is 345 g/mol. The van der Waals surface area contributed by atoms with Crippen molar-refractivity contribution >= 4 is 17.8 Å². The fraction of sp³-hybridized carbons (Fsp3) is 0.412. The number of nitrogens with zero attached hydrogens (tertiary/aromatic N) is 1. The van der Waals surface area contributed by atoms with Crippen LogP contribution >= 0.6 is 0 Å². The van der Waals surface area contributed by atoms with E-state index in [1.54, 1.807) is 19.1 Å². The highest BCUT2D eigenvalue weighted by Crippen LogP contribution is 2.39. The first-order chi connectivity index (χ1) is 11.9. The summed E-state index contributed by atoms with van der Waals surface area (Å²) in [6.45, 7) is 0.660. The first-order valence-electron chi connectivity index (χ1n) is 7.75. The molecule has 8 heteroatoms. The first kappa shape index (κ1) is 18.3. The van der Waals surface area contributed by atoms with Crippen LogP contribution in [0.3, 0.4) is 0 Å². The molecule has 1 saturated carbocycles. The smallest absolute Gasteiger partial charge is 0.344 e. The van der Waals surface area contributed by atoms with E-state index in [4.69, 9.17) is 15.2 Å². The van der Waals surface area contributed by atoms with Crippen molar-refractivity contribution in [2.75, 3.05) is 13.2 Å². The Labute approximate surface area is 144 Å². The molecule has 132 valence electrons. The molecule has 1 aliphatic carbocycles. The second kappa shape index (κ2) is 7.66. The van der Waals surface area contributed by atoms with Gasteiger partial charge in [-0.3, -0.25) is 9.59 Å². The fourth-order valence-electron chi connectivity index (χ4n) is 2.33. The van der Waals surface area contributed by atoms with Crippen LogP contribution in [0.5, 0.6) is 5.75 Å². The van der Waals surface area contributed by atoms with E-state index in [1.807, 2.05) is 0 Å². The van der Waals surface area contributed by atoms with E-state index in [9.17, 15) is 19.6 Å². The maximum atomic E-state index is 11.8. The summed E-state index contributed by atoms with van der Waals surface area (Å²) >= 11 is 0. The summed E-state index contributed by atoms with van der Waals surface area (Å²) < 4.78 is 10.0. The lowest BCUT2D eigenvalue weighted by Crippen LogP contribution is -2.48. The minimum Gasteiger partial charge on any atom is -0.481 e. The first-order valence-corrected chi connectivity index (χ1v) is 7.75. The number of hydrogen-bond acceptors (Lipinski definition) is 6. The maximum absolute atomic E-state index is 11.8. The Morgan fingerprint density at radius 2 is 2.00 bits per heavy atom. The van der Waals surface area contributed by atoms with Crippen LogP contribution in [0.1, 0.15) is 30.1 Å². The summed E-state index contributed by atoms with van der Waals surface area (Å²) in [5.41, 5.74) is 4.40. The quantitative estimate of drug-likeness (QED) is 0.660. The highest BCUT2D eigenvalue weighted by atomic mass is 16.6. The van der Waals surface area contributed by atoms with Crippen LogP contribution in [0.15, 0.2) is 24.3 Å². The Bertz CT molecular complexity index is 723. The van der Waals surface area contributed by atoms with Gasteiger partial charge in [-0.15, -0.1) is 0 Å². The number of carbonyl (C=O) groups excluding carboxylic acids is 3. The van der Waals surface area contributed by atoms with Crippen molar-refractivity contribution in [2.45, 2.75) is 25.3 Å². The molecule has 1 fully saturated rings. The fourth-order valence-corrected chi connectivity index (χ4v) is 2.33. The Kier molecular flexibility index (Phi) is 5.60. The molecule has 1 atom stereocenters. The minimum absolute atomic E-state index is 0.130. The molecule has 2 amide bonds. The van der Waals surface area contributed by atoms with Crippen LogP contribution in [-0.4, -0.2) is 36.5 Å². The van der Waals surface area contributed by atoms with Gasteiger partial charge < -0.3 is 20.5 Å². The lowest BCUT2D eigenvalue weighted by atomic mass is 9.98. The molecule has 0 aliphatic heterocycles. The number of ether oxygens (including phenoxy) is 2. The number of nitrogens with one attached hydrogen (secondary N) is 1. The summed E-state index contributed by atoms with van der Waals surface area (Å²) in [7, 11) is 0. The number of rotatable bonds is 8. The Morgan fingerprint density at radius 1 is 1.32 bits per heavy atom. The van der Waals surface area contributed by atoms with Crippen molar-refractivity contribution in [3.8, 4) is 11.8 Å². The zero-order valence-corrected chi connectivity index (χ0v) is 13.8. The van der Waals surface area contributed by atoms with Gasteiger partial charge in [0.1, 0.15) is 11.3 Å². The van der Waals surface area contributed by atoms with E-state index in [0.717, 1.165) is 12.8 Å². The molecule has 0 aromatic heterocycles. The highest BCUT2D eigenvalue weighted by Gasteiger charge is 2.43. The number of nitrogens with two attached hydrogens (primary N) is 1. The minimum atomic E-state index is -0.944. The van der Waals surface area contributed by atoms with Gasteiger partial charge >= 0.3 is 5.97 Å². The molecule has 1 aromatic rings. The molecular weight excluding hydrogens is 326 g/mol. The van der Waals surface area contributed by atoms with Gasteiger partial charge in [-0.25, -0.2) is 4.79 Å². The van der Waals surface area contributed by atoms with Crippen molar-refractivity contribution in [1.82, 2.24) is 5.32 Å². The van der Waals surface area contributed by atoms with E-state index in [2.05, 4.69) is 11.4 Å². The Hall–Kier alpha value is -3.08. The van der Waals surface area contributed by atoms with E-state index in [-0.39, 0.29) is 17.2 Å². The van der Waals surface area contributed by atoms with Crippen LogP contribution in [-0.2, 0) is 14.3 Å². The van der Waals surface area contributed by atoms with Gasteiger partial charge in [0.2, 0.25) is 0 Å². The van der Waals surface area contributed by atoms with Crippen LogP contribution in [0.2, 0.25) is 0 Å². The zero-order chi connectivity index (χ0) is 18.4. The van der Waals surface area contributed by atoms with Gasteiger partial charge in [-0.05, 0) is 37.8 Å². The van der Waals surface area contributed by atoms with Crippen molar-refractivity contribution in [3.63, 3.8) is 0 Å². The molecule has 8 nitrogen and oxygen atoms in total.